The number of benzene rings is 2. The lowest BCUT2D eigenvalue weighted by Crippen LogP contribution is -2.48. The van der Waals surface area contributed by atoms with Crippen molar-refractivity contribution in [1.29, 1.82) is 0 Å². The molecule has 0 aromatic heterocycles. The fourth-order valence-corrected chi connectivity index (χ4v) is 5.53. The summed E-state index contributed by atoms with van der Waals surface area (Å²) in [6, 6.07) is 14.3. The van der Waals surface area contributed by atoms with Crippen LogP contribution in [0.1, 0.15) is 27.5 Å². The number of ether oxygens (including phenoxy) is 2. The average molecular weight is 408 g/mol. The van der Waals surface area contributed by atoms with Crippen LogP contribution in [0.25, 0.3) is 6.08 Å². The Morgan fingerprint density at radius 1 is 1.10 bits per heavy atom. The van der Waals surface area contributed by atoms with E-state index in [0.29, 0.717) is 17.2 Å². The summed E-state index contributed by atoms with van der Waals surface area (Å²) < 4.78 is 11.5. The Labute approximate surface area is 172 Å². The summed E-state index contributed by atoms with van der Waals surface area (Å²) in [7, 11) is 0. The first-order valence-corrected chi connectivity index (χ1v) is 10.2. The fourth-order valence-electron chi connectivity index (χ4n) is 5.40. The molecule has 4 heterocycles. The molecule has 0 spiro atoms. The van der Waals surface area contributed by atoms with Gasteiger partial charge in [-0.25, -0.2) is 0 Å². The molecule has 6 heteroatoms. The van der Waals surface area contributed by atoms with E-state index >= 15 is 0 Å². The zero-order valence-electron chi connectivity index (χ0n) is 15.4. The van der Waals surface area contributed by atoms with Crippen molar-refractivity contribution < 1.29 is 19.1 Å². The number of fused-ring (bicyclic) bond motifs is 8. The van der Waals surface area contributed by atoms with Crippen molar-refractivity contribution in [2.75, 3.05) is 6.61 Å². The van der Waals surface area contributed by atoms with E-state index in [2.05, 4.69) is 4.90 Å². The third kappa shape index (κ3) is 2.41. The van der Waals surface area contributed by atoms with Gasteiger partial charge in [0.05, 0.1) is 30.7 Å². The largest absolute Gasteiger partial charge is 0.359 e. The highest BCUT2D eigenvalue weighted by molar-refractivity contribution is 6.30. The molecule has 6 atom stereocenters. The molecule has 3 saturated heterocycles. The Morgan fingerprint density at radius 3 is 2.72 bits per heavy atom. The second-order valence-corrected chi connectivity index (χ2v) is 8.43. The molecule has 6 rings (SSSR count). The number of Topliss-reactive ketones (excluding diaryl/α,β-unsaturated/α-hetero) is 2. The van der Waals surface area contributed by atoms with Gasteiger partial charge in [-0.2, -0.15) is 0 Å². The van der Waals surface area contributed by atoms with Crippen molar-refractivity contribution in [3.8, 4) is 0 Å². The number of carbonyl (C=O) groups is 2. The summed E-state index contributed by atoms with van der Waals surface area (Å²) in [5, 5.41) is 0.582. The van der Waals surface area contributed by atoms with Gasteiger partial charge in [0, 0.05) is 22.7 Å². The molecule has 5 nitrogen and oxygen atoms in total. The van der Waals surface area contributed by atoms with Crippen LogP contribution in [-0.2, 0) is 14.3 Å². The number of carbonyl (C=O) groups excluding carboxylic acids is 2. The van der Waals surface area contributed by atoms with E-state index in [1.165, 1.54) is 0 Å². The maximum atomic E-state index is 13.6. The van der Waals surface area contributed by atoms with E-state index in [1.807, 2.05) is 36.5 Å². The van der Waals surface area contributed by atoms with Gasteiger partial charge in [-0.1, -0.05) is 35.9 Å². The van der Waals surface area contributed by atoms with Crippen LogP contribution in [0.15, 0.2) is 54.7 Å². The van der Waals surface area contributed by atoms with E-state index < -0.39 is 12.3 Å². The SMILES string of the molecule is O=C1[C@@H]2OC[C@@H](O2)[C@H]2[C@@H]1[C@@H]1c3ccccc3C=CN1[C@H]2C(=O)c1ccc(Cl)cc1. The Morgan fingerprint density at radius 2 is 1.90 bits per heavy atom. The summed E-state index contributed by atoms with van der Waals surface area (Å²) >= 11 is 6.01. The molecule has 2 aromatic rings. The first-order valence-electron chi connectivity index (χ1n) is 9.78. The van der Waals surface area contributed by atoms with Gasteiger partial charge in [0.1, 0.15) is 0 Å². The summed E-state index contributed by atoms with van der Waals surface area (Å²) in [4.78, 5) is 29.0. The van der Waals surface area contributed by atoms with Crippen LogP contribution in [-0.4, -0.2) is 41.5 Å². The molecule has 4 aliphatic rings. The standard InChI is InChI=1S/C23H18ClNO4/c24-14-7-5-13(6-8-14)21(26)20-17-16-11-28-23(29-16)22(27)18(17)19-15-4-2-1-3-12(15)9-10-25(19)20/h1-10,16-20,23H,11H2/t16-,17+,18-,19+,20-,23-/m1/s1. The van der Waals surface area contributed by atoms with E-state index in [9.17, 15) is 9.59 Å². The Balaban J connectivity index is 1.50. The molecular weight excluding hydrogens is 390 g/mol. The second-order valence-electron chi connectivity index (χ2n) is 8.00. The zero-order valence-corrected chi connectivity index (χ0v) is 16.2. The van der Waals surface area contributed by atoms with Gasteiger partial charge in [-0.05, 0) is 41.5 Å². The highest BCUT2D eigenvalue weighted by atomic mass is 35.5. The molecule has 2 bridgehead atoms. The van der Waals surface area contributed by atoms with Crippen molar-refractivity contribution in [3.63, 3.8) is 0 Å². The normalized spacial score (nSPS) is 34.0. The maximum absolute atomic E-state index is 13.6. The van der Waals surface area contributed by atoms with Gasteiger partial charge in [0.25, 0.3) is 0 Å². The first-order chi connectivity index (χ1) is 14.1. The van der Waals surface area contributed by atoms with Gasteiger partial charge in [0.2, 0.25) is 6.29 Å². The Bertz CT molecular complexity index is 1050. The summed E-state index contributed by atoms with van der Waals surface area (Å²) in [6.45, 7) is 0.341. The molecule has 0 aliphatic carbocycles. The second kappa shape index (κ2) is 6.26. The average Bonchev–Trinajstić information content (AvgIpc) is 3.33. The molecule has 146 valence electrons. The van der Waals surface area contributed by atoms with Crippen molar-refractivity contribution >= 4 is 29.2 Å². The van der Waals surface area contributed by atoms with Gasteiger partial charge in [0.15, 0.2) is 11.6 Å². The number of hydrogen-bond donors (Lipinski definition) is 0. The molecule has 4 aliphatic heterocycles. The molecule has 3 fully saturated rings. The lowest BCUT2D eigenvalue weighted by atomic mass is 9.75. The number of rotatable bonds is 2. The summed E-state index contributed by atoms with van der Waals surface area (Å²) in [5.74, 6) is -0.681. The minimum absolute atomic E-state index is 0.0232. The molecule has 0 amide bonds. The van der Waals surface area contributed by atoms with Crippen LogP contribution >= 0.6 is 11.6 Å². The highest BCUT2D eigenvalue weighted by Crippen LogP contribution is 2.54. The molecule has 29 heavy (non-hydrogen) atoms. The van der Waals surface area contributed by atoms with Crippen LogP contribution in [0, 0.1) is 11.8 Å². The van der Waals surface area contributed by atoms with Gasteiger partial charge in [-0.15, -0.1) is 0 Å². The minimum atomic E-state index is -0.814. The molecule has 2 aromatic carbocycles. The zero-order chi connectivity index (χ0) is 19.7. The predicted molar refractivity (Wildman–Crippen MR) is 106 cm³/mol. The molecule has 0 unspecified atom stereocenters. The van der Waals surface area contributed by atoms with Gasteiger partial charge >= 0.3 is 0 Å². The Kier molecular flexibility index (Phi) is 3.76. The minimum Gasteiger partial charge on any atom is -0.359 e. The molecule has 0 N–H and O–H groups in total. The van der Waals surface area contributed by atoms with E-state index in [4.69, 9.17) is 21.1 Å². The number of hydrogen-bond acceptors (Lipinski definition) is 5. The third-order valence-electron chi connectivity index (χ3n) is 6.60. The van der Waals surface area contributed by atoms with Crippen molar-refractivity contribution in [3.05, 3.63) is 76.4 Å². The van der Waals surface area contributed by atoms with Crippen LogP contribution in [0.4, 0.5) is 0 Å². The quantitative estimate of drug-likeness (QED) is 0.713. The van der Waals surface area contributed by atoms with Crippen molar-refractivity contribution in [2.24, 2.45) is 11.8 Å². The van der Waals surface area contributed by atoms with E-state index in [1.54, 1.807) is 24.3 Å². The lowest BCUT2D eigenvalue weighted by molar-refractivity contribution is -0.164. The van der Waals surface area contributed by atoms with Crippen molar-refractivity contribution in [2.45, 2.75) is 24.5 Å². The van der Waals surface area contributed by atoms with Crippen molar-refractivity contribution in [1.82, 2.24) is 4.90 Å². The Hall–Kier alpha value is -2.47. The topological polar surface area (TPSA) is 55.8 Å². The monoisotopic (exact) mass is 407 g/mol. The third-order valence-corrected chi connectivity index (χ3v) is 6.85. The van der Waals surface area contributed by atoms with E-state index in [0.717, 1.165) is 11.1 Å². The fraction of sp³-hybridized carbons (Fsp3) is 0.304. The van der Waals surface area contributed by atoms with E-state index in [-0.39, 0.29) is 35.5 Å². The first kappa shape index (κ1) is 17.4. The van der Waals surface area contributed by atoms with Gasteiger partial charge in [-0.3, -0.25) is 9.59 Å². The number of nitrogens with zero attached hydrogens (tertiary/aromatic N) is 1. The predicted octanol–water partition coefficient (Wildman–Crippen LogP) is 3.49. The molecular formula is C23H18ClNO4. The van der Waals surface area contributed by atoms with Crippen LogP contribution < -0.4 is 0 Å². The highest BCUT2D eigenvalue weighted by Gasteiger charge is 2.63. The molecule has 0 radical (unpaired) electrons. The van der Waals surface area contributed by atoms with Crippen LogP contribution in [0.2, 0.25) is 5.02 Å². The summed E-state index contributed by atoms with van der Waals surface area (Å²) in [6.07, 6.45) is 2.90. The van der Waals surface area contributed by atoms with Gasteiger partial charge < -0.3 is 14.4 Å². The van der Waals surface area contributed by atoms with Crippen LogP contribution in [0.5, 0.6) is 0 Å². The molecule has 0 saturated carbocycles. The number of ketones is 2. The smallest absolute Gasteiger partial charge is 0.218 e. The van der Waals surface area contributed by atoms with Crippen LogP contribution in [0.3, 0.4) is 0 Å². The summed E-state index contributed by atoms with van der Waals surface area (Å²) in [5.41, 5.74) is 2.74. The maximum Gasteiger partial charge on any atom is 0.218 e. The lowest BCUT2D eigenvalue weighted by Gasteiger charge is -2.34. The number of halogens is 1.